The number of nitrogens with zero attached hydrogens (tertiary/aromatic N) is 1. The zero-order valence-electron chi connectivity index (χ0n) is 12.3. The SMILES string of the molecule is CC(C)(C)OC(=O)N1CC[C@@H](O)[C@](O)(C(C)(C)O)C1. The predicted molar refractivity (Wildman–Crippen MR) is 69.7 cm³/mol. The molecule has 0 aromatic rings. The molecule has 2 atom stereocenters. The summed E-state index contributed by atoms with van der Waals surface area (Å²) < 4.78 is 5.23. The van der Waals surface area contributed by atoms with E-state index in [-0.39, 0.29) is 19.5 Å². The first kappa shape index (κ1) is 16.2. The average molecular weight is 275 g/mol. The summed E-state index contributed by atoms with van der Waals surface area (Å²) in [6, 6.07) is 0. The predicted octanol–water partition coefficient (Wildman–Crippen LogP) is 0.490. The zero-order valence-corrected chi connectivity index (χ0v) is 12.3. The molecular formula is C13H25NO5. The first-order valence-corrected chi connectivity index (χ1v) is 6.47. The van der Waals surface area contributed by atoms with E-state index in [0.717, 1.165) is 0 Å². The Hall–Kier alpha value is -0.850. The number of amides is 1. The molecule has 3 N–H and O–H groups in total. The van der Waals surface area contributed by atoms with E-state index in [0.29, 0.717) is 0 Å². The molecule has 0 aromatic carbocycles. The Balaban J connectivity index is 2.84. The first-order chi connectivity index (χ1) is 8.37. The van der Waals surface area contributed by atoms with Gasteiger partial charge >= 0.3 is 6.09 Å². The Morgan fingerprint density at radius 3 is 2.26 bits per heavy atom. The van der Waals surface area contributed by atoms with Crippen LogP contribution in [0.2, 0.25) is 0 Å². The van der Waals surface area contributed by atoms with Gasteiger partial charge in [0.15, 0.2) is 0 Å². The van der Waals surface area contributed by atoms with Gasteiger partial charge in [-0.1, -0.05) is 0 Å². The molecule has 1 aliphatic rings. The monoisotopic (exact) mass is 275 g/mol. The molecule has 112 valence electrons. The van der Waals surface area contributed by atoms with E-state index in [1.165, 1.54) is 18.7 Å². The zero-order chi connectivity index (χ0) is 15.1. The molecule has 6 heteroatoms. The minimum Gasteiger partial charge on any atom is -0.444 e. The van der Waals surface area contributed by atoms with Gasteiger partial charge in [-0.05, 0) is 41.0 Å². The Kier molecular flexibility index (Phi) is 4.20. The van der Waals surface area contributed by atoms with Crippen LogP contribution in [0.3, 0.4) is 0 Å². The van der Waals surface area contributed by atoms with Gasteiger partial charge in [0.25, 0.3) is 0 Å². The van der Waals surface area contributed by atoms with Crippen molar-refractivity contribution in [2.75, 3.05) is 13.1 Å². The highest BCUT2D eigenvalue weighted by Crippen LogP contribution is 2.32. The van der Waals surface area contributed by atoms with Crippen LogP contribution in [0.15, 0.2) is 0 Å². The number of aliphatic hydroxyl groups excluding tert-OH is 1. The molecular weight excluding hydrogens is 250 g/mol. The second-order valence-electron chi connectivity index (χ2n) is 6.69. The van der Waals surface area contributed by atoms with E-state index in [2.05, 4.69) is 0 Å². The number of aliphatic hydroxyl groups is 3. The summed E-state index contributed by atoms with van der Waals surface area (Å²) in [5.74, 6) is 0. The highest BCUT2D eigenvalue weighted by atomic mass is 16.6. The molecule has 1 rings (SSSR count). The van der Waals surface area contributed by atoms with Crippen LogP contribution in [0.5, 0.6) is 0 Å². The molecule has 1 heterocycles. The standard InChI is InChI=1S/C13H25NO5/c1-11(2,3)19-10(16)14-7-6-9(15)13(18,8-14)12(4,5)17/h9,15,17-18H,6-8H2,1-5H3/t9-,13+/m1/s1. The fourth-order valence-electron chi connectivity index (χ4n) is 2.08. The van der Waals surface area contributed by atoms with Gasteiger partial charge in [0.1, 0.15) is 11.2 Å². The normalized spacial score (nSPS) is 29.3. The Bertz CT molecular complexity index is 344. The summed E-state index contributed by atoms with van der Waals surface area (Å²) in [6.45, 7) is 8.22. The number of likely N-dealkylation sites (tertiary alicyclic amines) is 1. The van der Waals surface area contributed by atoms with Crippen molar-refractivity contribution in [2.24, 2.45) is 0 Å². The lowest BCUT2D eigenvalue weighted by atomic mass is 9.77. The number of hydrogen-bond donors (Lipinski definition) is 3. The number of rotatable bonds is 1. The van der Waals surface area contributed by atoms with Gasteiger partial charge in [-0.3, -0.25) is 0 Å². The molecule has 0 aliphatic carbocycles. The maximum Gasteiger partial charge on any atom is 0.410 e. The molecule has 0 saturated carbocycles. The van der Waals surface area contributed by atoms with Crippen LogP contribution >= 0.6 is 0 Å². The van der Waals surface area contributed by atoms with E-state index in [1.54, 1.807) is 20.8 Å². The quantitative estimate of drug-likeness (QED) is 0.648. The number of piperidine rings is 1. The summed E-state index contributed by atoms with van der Waals surface area (Å²) in [5, 5.41) is 30.4. The second-order valence-corrected chi connectivity index (χ2v) is 6.69. The van der Waals surface area contributed by atoms with E-state index >= 15 is 0 Å². The van der Waals surface area contributed by atoms with Crippen LogP contribution in [0, 0.1) is 0 Å². The number of hydrogen-bond acceptors (Lipinski definition) is 5. The summed E-state index contributed by atoms with van der Waals surface area (Å²) in [7, 11) is 0. The molecule has 0 aromatic heterocycles. The second kappa shape index (κ2) is 4.92. The molecule has 19 heavy (non-hydrogen) atoms. The van der Waals surface area contributed by atoms with Crippen molar-refractivity contribution >= 4 is 6.09 Å². The van der Waals surface area contributed by atoms with Crippen LogP contribution in [-0.2, 0) is 4.74 Å². The Morgan fingerprint density at radius 1 is 1.32 bits per heavy atom. The molecule has 0 radical (unpaired) electrons. The van der Waals surface area contributed by atoms with Crippen molar-refractivity contribution < 1.29 is 24.9 Å². The topological polar surface area (TPSA) is 90.2 Å². The van der Waals surface area contributed by atoms with E-state index in [4.69, 9.17) is 4.74 Å². The lowest BCUT2D eigenvalue weighted by Crippen LogP contribution is -2.67. The van der Waals surface area contributed by atoms with E-state index < -0.39 is 29.0 Å². The molecule has 1 aliphatic heterocycles. The van der Waals surface area contributed by atoms with Crippen LogP contribution in [-0.4, -0.2) is 62.3 Å². The summed E-state index contributed by atoms with van der Waals surface area (Å²) in [5.41, 5.74) is -3.91. The number of β-amino-alcohol motifs (C(OH)–C–C–N with tert-alkyl or cyclic N) is 1. The highest BCUT2D eigenvalue weighted by Gasteiger charge is 2.52. The molecule has 1 amide bonds. The van der Waals surface area contributed by atoms with Gasteiger partial charge in [-0.25, -0.2) is 4.79 Å². The summed E-state index contributed by atoms with van der Waals surface area (Å²) in [6.07, 6.45) is -1.44. The Labute approximate surface area is 114 Å². The largest absolute Gasteiger partial charge is 0.444 e. The number of ether oxygens (including phenoxy) is 1. The van der Waals surface area contributed by atoms with Crippen molar-refractivity contribution in [3.8, 4) is 0 Å². The molecule has 0 unspecified atom stereocenters. The first-order valence-electron chi connectivity index (χ1n) is 6.47. The van der Waals surface area contributed by atoms with Crippen molar-refractivity contribution in [1.82, 2.24) is 4.90 Å². The molecule has 0 spiro atoms. The number of carbonyl (C=O) groups is 1. The van der Waals surface area contributed by atoms with Crippen molar-refractivity contribution in [3.05, 3.63) is 0 Å². The van der Waals surface area contributed by atoms with Gasteiger partial charge in [0, 0.05) is 6.54 Å². The Morgan fingerprint density at radius 2 is 1.84 bits per heavy atom. The van der Waals surface area contributed by atoms with Crippen molar-refractivity contribution in [2.45, 2.75) is 63.9 Å². The van der Waals surface area contributed by atoms with Crippen molar-refractivity contribution in [3.63, 3.8) is 0 Å². The number of carbonyl (C=O) groups excluding carboxylic acids is 1. The average Bonchev–Trinajstić information content (AvgIpc) is 2.17. The van der Waals surface area contributed by atoms with E-state index in [1.807, 2.05) is 0 Å². The third-order valence-electron chi connectivity index (χ3n) is 3.37. The lowest BCUT2D eigenvalue weighted by molar-refractivity contribution is -0.209. The van der Waals surface area contributed by atoms with Crippen LogP contribution in [0.1, 0.15) is 41.0 Å². The molecule has 6 nitrogen and oxygen atoms in total. The lowest BCUT2D eigenvalue weighted by Gasteiger charge is -2.48. The van der Waals surface area contributed by atoms with Crippen molar-refractivity contribution in [1.29, 1.82) is 0 Å². The van der Waals surface area contributed by atoms with Crippen LogP contribution < -0.4 is 0 Å². The van der Waals surface area contributed by atoms with Gasteiger partial charge in [-0.15, -0.1) is 0 Å². The smallest absolute Gasteiger partial charge is 0.410 e. The van der Waals surface area contributed by atoms with E-state index in [9.17, 15) is 20.1 Å². The van der Waals surface area contributed by atoms with Gasteiger partial charge in [-0.2, -0.15) is 0 Å². The molecule has 1 fully saturated rings. The van der Waals surface area contributed by atoms with Gasteiger partial charge in [0.2, 0.25) is 0 Å². The summed E-state index contributed by atoms with van der Waals surface area (Å²) >= 11 is 0. The third kappa shape index (κ3) is 3.58. The van der Waals surface area contributed by atoms with Gasteiger partial charge < -0.3 is 25.0 Å². The van der Waals surface area contributed by atoms with Crippen LogP contribution in [0.4, 0.5) is 4.79 Å². The van der Waals surface area contributed by atoms with Gasteiger partial charge in [0.05, 0.1) is 18.2 Å². The third-order valence-corrected chi connectivity index (χ3v) is 3.37. The fraction of sp³-hybridized carbons (Fsp3) is 0.923. The molecule has 1 saturated heterocycles. The minimum absolute atomic E-state index is 0.160. The maximum absolute atomic E-state index is 12.0. The summed E-state index contributed by atoms with van der Waals surface area (Å²) in [4.78, 5) is 13.3. The molecule has 0 bridgehead atoms. The van der Waals surface area contributed by atoms with Crippen LogP contribution in [0.25, 0.3) is 0 Å². The fourth-order valence-corrected chi connectivity index (χ4v) is 2.08. The maximum atomic E-state index is 12.0. The highest BCUT2D eigenvalue weighted by molar-refractivity contribution is 5.68. The minimum atomic E-state index is -1.76.